The highest BCUT2D eigenvalue weighted by Gasteiger charge is 2.09. The van der Waals surface area contributed by atoms with Crippen LogP contribution in [0.15, 0.2) is 42.5 Å². The molecule has 3 nitrogen and oxygen atoms in total. The predicted molar refractivity (Wildman–Crippen MR) is 67.3 cm³/mol. The maximum Gasteiger partial charge on any atom is 0.165 e. The SMILES string of the molecule is N#Cc1ccc(COc2c(F)cccc2C=O)cc1. The number of aldehydes is 1. The number of nitrogens with zero attached hydrogens (tertiary/aromatic N) is 1. The summed E-state index contributed by atoms with van der Waals surface area (Å²) in [5.41, 5.74) is 1.51. The van der Waals surface area contributed by atoms with Gasteiger partial charge in [-0.25, -0.2) is 4.39 Å². The van der Waals surface area contributed by atoms with Crippen molar-refractivity contribution in [3.8, 4) is 11.8 Å². The van der Waals surface area contributed by atoms with Gasteiger partial charge in [0.05, 0.1) is 17.2 Å². The molecule has 0 aliphatic rings. The normalized spacial score (nSPS) is 9.68. The van der Waals surface area contributed by atoms with E-state index in [0.29, 0.717) is 11.8 Å². The Kier molecular flexibility index (Phi) is 3.89. The molecule has 0 atom stereocenters. The van der Waals surface area contributed by atoms with Crippen LogP contribution < -0.4 is 4.74 Å². The first-order valence-corrected chi connectivity index (χ1v) is 5.60. The minimum atomic E-state index is -0.571. The number of ether oxygens (including phenoxy) is 1. The molecule has 0 spiro atoms. The number of hydrogen-bond donors (Lipinski definition) is 0. The fraction of sp³-hybridized carbons (Fsp3) is 0.0667. The second kappa shape index (κ2) is 5.78. The Balaban J connectivity index is 2.14. The van der Waals surface area contributed by atoms with Crippen LogP contribution >= 0.6 is 0 Å². The van der Waals surface area contributed by atoms with Crippen molar-refractivity contribution in [1.82, 2.24) is 0 Å². The van der Waals surface area contributed by atoms with Gasteiger partial charge in [-0.1, -0.05) is 18.2 Å². The third kappa shape index (κ3) is 2.96. The first kappa shape index (κ1) is 12.8. The van der Waals surface area contributed by atoms with E-state index in [4.69, 9.17) is 10.00 Å². The van der Waals surface area contributed by atoms with Crippen molar-refractivity contribution in [1.29, 1.82) is 5.26 Å². The Bertz CT molecular complexity index is 630. The van der Waals surface area contributed by atoms with Gasteiger partial charge in [0.25, 0.3) is 0 Å². The van der Waals surface area contributed by atoms with Crippen LogP contribution in [0, 0.1) is 17.1 Å². The molecule has 0 unspecified atom stereocenters. The van der Waals surface area contributed by atoms with E-state index < -0.39 is 5.82 Å². The highest BCUT2D eigenvalue weighted by Crippen LogP contribution is 2.22. The van der Waals surface area contributed by atoms with Crippen molar-refractivity contribution in [2.45, 2.75) is 6.61 Å². The summed E-state index contributed by atoms with van der Waals surface area (Å²) in [6.45, 7) is 0.132. The smallest absolute Gasteiger partial charge is 0.165 e. The van der Waals surface area contributed by atoms with Crippen LogP contribution in [-0.2, 0) is 6.61 Å². The summed E-state index contributed by atoms with van der Waals surface area (Å²) in [6, 6.07) is 12.9. The Hall–Kier alpha value is -2.67. The average molecular weight is 255 g/mol. The molecule has 0 aliphatic carbocycles. The second-order valence-electron chi connectivity index (χ2n) is 3.87. The second-order valence-corrected chi connectivity index (χ2v) is 3.87. The van der Waals surface area contributed by atoms with Crippen LogP contribution in [0.1, 0.15) is 21.5 Å². The number of nitriles is 1. The van der Waals surface area contributed by atoms with Crippen molar-refractivity contribution in [2.24, 2.45) is 0 Å². The summed E-state index contributed by atoms with van der Waals surface area (Å²) in [4.78, 5) is 10.8. The van der Waals surface area contributed by atoms with Gasteiger partial charge in [-0.3, -0.25) is 4.79 Å². The number of carbonyl (C=O) groups excluding carboxylic acids is 1. The third-order valence-electron chi connectivity index (χ3n) is 2.59. The minimum Gasteiger partial charge on any atom is -0.485 e. The average Bonchev–Trinajstić information content (AvgIpc) is 2.46. The lowest BCUT2D eigenvalue weighted by atomic mass is 10.1. The summed E-state index contributed by atoms with van der Waals surface area (Å²) >= 11 is 0. The van der Waals surface area contributed by atoms with E-state index in [1.165, 1.54) is 18.2 Å². The van der Waals surface area contributed by atoms with E-state index in [1.54, 1.807) is 24.3 Å². The molecule has 0 bridgehead atoms. The molecule has 2 aromatic carbocycles. The third-order valence-corrected chi connectivity index (χ3v) is 2.59. The highest BCUT2D eigenvalue weighted by atomic mass is 19.1. The van der Waals surface area contributed by atoms with Crippen LogP contribution in [0.3, 0.4) is 0 Å². The standard InChI is InChI=1S/C15H10FNO2/c16-14-3-1-2-13(9-18)15(14)19-10-12-6-4-11(8-17)5-7-12/h1-7,9H,10H2. The van der Waals surface area contributed by atoms with Crippen LogP contribution in [0.2, 0.25) is 0 Å². The molecule has 0 aliphatic heterocycles. The largest absolute Gasteiger partial charge is 0.485 e. The first-order chi connectivity index (χ1) is 9.24. The van der Waals surface area contributed by atoms with Crippen LogP contribution in [-0.4, -0.2) is 6.29 Å². The Morgan fingerprint density at radius 3 is 2.58 bits per heavy atom. The summed E-state index contributed by atoms with van der Waals surface area (Å²) in [6.07, 6.45) is 0.553. The molecule has 0 saturated heterocycles. The highest BCUT2D eigenvalue weighted by molar-refractivity contribution is 5.79. The number of benzene rings is 2. The summed E-state index contributed by atoms with van der Waals surface area (Å²) in [7, 11) is 0. The number of hydrogen-bond acceptors (Lipinski definition) is 3. The van der Waals surface area contributed by atoms with Gasteiger partial charge in [0.1, 0.15) is 6.61 Å². The topological polar surface area (TPSA) is 50.1 Å². The van der Waals surface area contributed by atoms with Crippen LogP contribution in [0.25, 0.3) is 0 Å². The maximum atomic E-state index is 13.5. The maximum absolute atomic E-state index is 13.5. The van der Waals surface area contributed by atoms with Crippen molar-refractivity contribution in [3.63, 3.8) is 0 Å². The summed E-state index contributed by atoms with van der Waals surface area (Å²) < 4.78 is 18.9. The van der Waals surface area contributed by atoms with Crippen molar-refractivity contribution in [2.75, 3.05) is 0 Å². The minimum absolute atomic E-state index is 0.0538. The van der Waals surface area contributed by atoms with Crippen molar-refractivity contribution >= 4 is 6.29 Å². The van der Waals surface area contributed by atoms with Crippen molar-refractivity contribution < 1.29 is 13.9 Å². The van der Waals surface area contributed by atoms with Gasteiger partial charge in [-0.05, 0) is 29.8 Å². The van der Waals surface area contributed by atoms with E-state index in [2.05, 4.69) is 0 Å². The number of para-hydroxylation sites is 1. The lowest BCUT2D eigenvalue weighted by Gasteiger charge is -2.09. The molecular formula is C15H10FNO2. The van der Waals surface area contributed by atoms with Crippen LogP contribution in [0.4, 0.5) is 4.39 Å². The van der Waals surface area contributed by atoms with Crippen LogP contribution in [0.5, 0.6) is 5.75 Å². The monoisotopic (exact) mass is 255 g/mol. The number of carbonyl (C=O) groups is 1. The van der Waals surface area contributed by atoms with E-state index in [1.807, 2.05) is 6.07 Å². The molecular weight excluding hydrogens is 245 g/mol. The molecule has 2 rings (SSSR count). The molecule has 4 heteroatoms. The zero-order valence-corrected chi connectivity index (χ0v) is 9.97. The molecule has 0 aromatic heterocycles. The van der Waals surface area contributed by atoms with Gasteiger partial charge in [-0.2, -0.15) is 5.26 Å². The van der Waals surface area contributed by atoms with E-state index in [-0.39, 0.29) is 17.9 Å². The summed E-state index contributed by atoms with van der Waals surface area (Å²) in [5, 5.41) is 8.67. The molecule has 0 heterocycles. The quantitative estimate of drug-likeness (QED) is 0.789. The lowest BCUT2D eigenvalue weighted by Crippen LogP contribution is -2.00. The van der Waals surface area contributed by atoms with Gasteiger partial charge in [-0.15, -0.1) is 0 Å². The van der Waals surface area contributed by atoms with E-state index in [0.717, 1.165) is 5.56 Å². The molecule has 0 fully saturated rings. The fourth-order valence-electron chi connectivity index (χ4n) is 1.60. The molecule has 2 aromatic rings. The van der Waals surface area contributed by atoms with E-state index in [9.17, 15) is 9.18 Å². The zero-order valence-electron chi connectivity index (χ0n) is 9.97. The zero-order chi connectivity index (χ0) is 13.7. The first-order valence-electron chi connectivity index (χ1n) is 5.60. The number of halogens is 1. The summed E-state index contributed by atoms with van der Waals surface area (Å²) in [5.74, 6) is -0.625. The molecule has 0 radical (unpaired) electrons. The van der Waals surface area contributed by atoms with Gasteiger partial charge in [0.2, 0.25) is 0 Å². The Morgan fingerprint density at radius 2 is 1.95 bits per heavy atom. The molecule has 0 saturated carbocycles. The molecule has 0 amide bonds. The van der Waals surface area contributed by atoms with E-state index >= 15 is 0 Å². The number of rotatable bonds is 4. The Morgan fingerprint density at radius 1 is 1.21 bits per heavy atom. The lowest BCUT2D eigenvalue weighted by molar-refractivity contribution is 0.111. The molecule has 94 valence electrons. The molecule has 0 N–H and O–H groups in total. The van der Waals surface area contributed by atoms with Gasteiger partial charge in [0, 0.05) is 0 Å². The Labute approximate surface area is 109 Å². The van der Waals surface area contributed by atoms with Gasteiger partial charge < -0.3 is 4.74 Å². The fourth-order valence-corrected chi connectivity index (χ4v) is 1.60. The van der Waals surface area contributed by atoms with Gasteiger partial charge in [0.15, 0.2) is 17.9 Å². The van der Waals surface area contributed by atoms with Crippen molar-refractivity contribution in [3.05, 3.63) is 65.0 Å². The molecule has 19 heavy (non-hydrogen) atoms. The predicted octanol–water partition coefficient (Wildman–Crippen LogP) is 3.09. The van der Waals surface area contributed by atoms with Gasteiger partial charge >= 0.3 is 0 Å².